The molecule has 24 heavy (non-hydrogen) atoms. The van der Waals surface area contributed by atoms with Crippen molar-refractivity contribution in [3.63, 3.8) is 0 Å². The van der Waals surface area contributed by atoms with Crippen LogP contribution in [0.4, 0.5) is 0 Å². The molecule has 0 aliphatic heterocycles. The van der Waals surface area contributed by atoms with Gasteiger partial charge >= 0.3 is 0 Å². The van der Waals surface area contributed by atoms with Crippen LogP contribution in [0.3, 0.4) is 0 Å². The van der Waals surface area contributed by atoms with E-state index in [1.165, 1.54) is 0 Å². The number of hydrogen-bond acceptors (Lipinski definition) is 4. The molecule has 2 heterocycles. The summed E-state index contributed by atoms with van der Waals surface area (Å²) in [6.45, 7) is 2.37. The van der Waals surface area contributed by atoms with Gasteiger partial charge < -0.3 is 14.3 Å². The zero-order chi connectivity index (χ0) is 16.8. The number of carboxylic acid groups (broad SMARTS) is 1. The number of aryl methyl sites for hydroxylation is 2. The third-order valence-electron chi connectivity index (χ3n) is 4.36. The van der Waals surface area contributed by atoms with Crippen LogP contribution in [-0.2, 0) is 19.4 Å². The number of hydrogen-bond donors (Lipinski definition) is 0. The third kappa shape index (κ3) is 2.41. The van der Waals surface area contributed by atoms with Crippen molar-refractivity contribution in [3.8, 4) is 11.3 Å². The summed E-state index contributed by atoms with van der Waals surface area (Å²) in [6.07, 6.45) is 3.46. The van der Waals surface area contributed by atoms with E-state index < -0.39 is 5.97 Å². The number of carbonyl (C=O) groups excluding carboxylic acids is 1. The SMILES string of the molecule is Cc1c(C(=O)[O-])oc2c1-c1nn(Cc3ccc(Cl)cc3)cc1CC2. The molecule has 122 valence electrons. The van der Waals surface area contributed by atoms with E-state index in [1.54, 1.807) is 6.92 Å². The molecule has 0 amide bonds. The van der Waals surface area contributed by atoms with E-state index in [0.29, 0.717) is 29.3 Å². The molecule has 0 fully saturated rings. The zero-order valence-corrected chi connectivity index (χ0v) is 13.8. The Morgan fingerprint density at radius 2 is 2.08 bits per heavy atom. The maximum Gasteiger partial charge on any atom is 0.153 e. The summed E-state index contributed by atoms with van der Waals surface area (Å²) in [7, 11) is 0. The Morgan fingerprint density at radius 1 is 1.33 bits per heavy atom. The van der Waals surface area contributed by atoms with Crippen LogP contribution in [0.1, 0.15) is 33.0 Å². The molecule has 0 radical (unpaired) electrons. The molecule has 0 N–H and O–H groups in total. The highest BCUT2D eigenvalue weighted by Crippen LogP contribution is 2.38. The van der Waals surface area contributed by atoms with Gasteiger partial charge in [-0.25, -0.2) is 0 Å². The fraction of sp³-hybridized carbons (Fsp3) is 0.222. The number of carbonyl (C=O) groups is 1. The van der Waals surface area contributed by atoms with Crippen molar-refractivity contribution in [1.29, 1.82) is 0 Å². The predicted octanol–water partition coefficient (Wildman–Crippen LogP) is 2.62. The van der Waals surface area contributed by atoms with Crippen molar-refractivity contribution in [2.24, 2.45) is 0 Å². The van der Waals surface area contributed by atoms with Crippen LogP contribution in [0.25, 0.3) is 11.3 Å². The van der Waals surface area contributed by atoms with Crippen LogP contribution in [-0.4, -0.2) is 15.7 Å². The first-order valence-electron chi connectivity index (χ1n) is 7.67. The first-order chi connectivity index (χ1) is 11.5. The number of carboxylic acids is 1. The van der Waals surface area contributed by atoms with Crippen molar-refractivity contribution in [2.75, 3.05) is 0 Å². The Balaban J connectivity index is 1.72. The van der Waals surface area contributed by atoms with Gasteiger partial charge in [-0.05, 0) is 36.6 Å². The van der Waals surface area contributed by atoms with E-state index >= 15 is 0 Å². The van der Waals surface area contributed by atoms with E-state index in [0.717, 1.165) is 28.8 Å². The average molecular weight is 342 g/mol. The van der Waals surface area contributed by atoms with Crippen LogP contribution in [0.2, 0.25) is 5.02 Å². The van der Waals surface area contributed by atoms with Crippen LogP contribution in [0.5, 0.6) is 0 Å². The van der Waals surface area contributed by atoms with E-state index in [4.69, 9.17) is 16.0 Å². The second-order valence-electron chi connectivity index (χ2n) is 5.97. The summed E-state index contributed by atoms with van der Waals surface area (Å²) >= 11 is 5.91. The minimum Gasteiger partial charge on any atom is -0.542 e. The highest BCUT2D eigenvalue weighted by Gasteiger charge is 2.27. The Morgan fingerprint density at radius 3 is 2.79 bits per heavy atom. The number of aromatic carboxylic acids is 1. The minimum atomic E-state index is -1.29. The van der Waals surface area contributed by atoms with Gasteiger partial charge in [0.2, 0.25) is 0 Å². The molecular formula is C18H14ClN2O3-. The van der Waals surface area contributed by atoms with E-state index in [2.05, 4.69) is 5.10 Å². The largest absolute Gasteiger partial charge is 0.542 e. The summed E-state index contributed by atoms with van der Waals surface area (Å²) in [6, 6.07) is 7.63. The van der Waals surface area contributed by atoms with Crippen molar-refractivity contribution in [3.05, 3.63) is 63.7 Å². The van der Waals surface area contributed by atoms with E-state index in [-0.39, 0.29) is 5.76 Å². The fourth-order valence-electron chi connectivity index (χ4n) is 3.22. The molecular weight excluding hydrogens is 328 g/mol. The lowest BCUT2D eigenvalue weighted by molar-refractivity contribution is -0.257. The first-order valence-corrected chi connectivity index (χ1v) is 8.05. The van der Waals surface area contributed by atoms with Gasteiger partial charge in [0.1, 0.15) is 11.7 Å². The van der Waals surface area contributed by atoms with E-state index in [9.17, 15) is 9.90 Å². The van der Waals surface area contributed by atoms with Crippen LogP contribution < -0.4 is 5.11 Å². The molecule has 6 heteroatoms. The number of nitrogens with zero attached hydrogens (tertiary/aromatic N) is 2. The molecule has 1 aliphatic carbocycles. The number of halogens is 1. The number of benzene rings is 1. The van der Waals surface area contributed by atoms with Crippen molar-refractivity contribution in [1.82, 2.24) is 9.78 Å². The monoisotopic (exact) mass is 341 g/mol. The highest BCUT2D eigenvalue weighted by atomic mass is 35.5. The molecule has 3 aromatic rings. The van der Waals surface area contributed by atoms with Crippen LogP contribution in [0.15, 0.2) is 34.9 Å². The van der Waals surface area contributed by atoms with Gasteiger partial charge in [0, 0.05) is 28.8 Å². The summed E-state index contributed by atoms with van der Waals surface area (Å²) in [5.41, 5.74) is 4.39. The van der Waals surface area contributed by atoms with Gasteiger partial charge in [0.25, 0.3) is 0 Å². The maximum atomic E-state index is 11.2. The third-order valence-corrected chi connectivity index (χ3v) is 4.61. The molecule has 0 bridgehead atoms. The summed E-state index contributed by atoms with van der Waals surface area (Å²) in [5.74, 6) is -0.708. The Bertz CT molecular complexity index is 938. The first kappa shape index (κ1) is 15.0. The molecule has 0 saturated heterocycles. The molecule has 2 aromatic heterocycles. The minimum absolute atomic E-state index is 0.0971. The molecule has 0 saturated carbocycles. The van der Waals surface area contributed by atoms with Crippen molar-refractivity contribution >= 4 is 17.6 Å². The smallest absolute Gasteiger partial charge is 0.153 e. The highest BCUT2D eigenvalue weighted by molar-refractivity contribution is 6.30. The van der Waals surface area contributed by atoms with Gasteiger partial charge in [0.05, 0.1) is 12.2 Å². The average Bonchev–Trinajstić information content (AvgIpc) is 3.10. The second-order valence-corrected chi connectivity index (χ2v) is 6.41. The quantitative estimate of drug-likeness (QED) is 0.734. The van der Waals surface area contributed by atoms with Gasteiger partial charge in [-0.1, -0.05) is 23.7 Å². The Kier molecular flexibility index (Phi) is 3.46. The second kappa shape index (κ2) is 5.53. The predicted molar refractivity (Wildman–Crippen MR) is 87.0 cm³/mol. The zero-order valence-electron chi connectivity index (χ0n) is 13.0. The number of rotatable bonds is 3. The lowest BCUT2D eigenvalue weighted by atomic mass is 9.94. The molecule has 4 rings (SSSR count). The van der Waals surface area contributed by atoms with E-state index in [1.807, 2.05) is 35.1 Å². The number of fused-ring (bicyclic) bond motifs is 3. The molecule has 1 aromatic carbocycles. The number of furan rings is 1. The van der Waals surface area contributed by atoms with Crippen LogP contribution >= 0.6 is 11.6 Å². The molecule has 0 unspecified atom stereocenters. The maximum absolute atomic E-state index is 11.2. The molecule has 5 nitrogen and oxygen atoms in total. The van der Waals surface area contributed by atoms with Gasteiger partial charge in [0.15, 0.2) is 5.76 Å². The lowest BCUT2D eigenvalue weighted by Gasteiger charge is -2.09. The van der Waals surface area contributed by atoms with Crippen LogP contribution in [0, 0.1) is 6.92 Å². The lowest BCUT2D eigenvalue weighted by Crippen LogP contribution is -2.22. The Hall–Kier alpha value is -2.53. The fourth-order valence-corrected chi connectivity index (χ4v) is 3.34. The van der Waals surface area contributed by atoms with Crippen molar-refractivity contribution < 1.29 is 14.3 Å². The van der Waals surface area contributed by atoms with Gasteiger partial charge in [-0.15, -0.1) is 0 Å². The summed E-state index contributed by atoms with van der Waals surface area (Å²) < 4.78 is 7.34. The van der Waals surface area contributed by atoms with Gasteiger partial charge in [-0.2, -0.15) is 5.10 Å². The summed E-state index contributed by atoms with van der Waals surface area (Å²) in [4.78, 5) is 11.2. The molecule has 0 spiro atoms. The molecule has 1 aliphatic rings. The topological polar surface area (TPSA) is 71.1 Å². The molecule has 0 atom stereocenters. The van der Waals surface area contributed by atoms with Gasteiger partial charge in [-0.3, -0.25) is 4.68 Å². The Labute approximate surface area is 143 Å². The summed E-state index contributed by atoms with van der Waals surface area (Å²) in [5, 5.41) is 16.5. The number of aromatic nitrogens is 2. The standard InChI is InChI=1S/C18H15ClN2O3/c1-10-15-14(24-17(10)18(22)23)7-4-12-9-21(20-16(12)15)8-11-2-5-13(19)6-3-11/h2-3,5-6,9H,4,7-8H2,1H3,(H,22,23)/p-1. The normalized spacial score (nSPS) is 12.8. The van der Waals surface area contributed by atoms with Crippen molar-refractivity contribution in [2.45, 2.75) is 26.3 Å².